The van der Waals surface area contributed by atoms with E-state index in [0.717, 1.165) is 49.8 Å². The van der Waals surface area contributed by atoms with Crippen LogP contribution in [0.25, 0.3) is 0 Å². The maximum Gasteiger partial charge on any atom is 0.225 e. The van der Waals surface area contributed by atoms with Gasteiger partial charge in [0.25, 0.3) is 0 Å². The molecule has 0 bridgehead atoms. The Balaban J connectivity index is 2.74. The van der Waals surface area contributed by atoms with Gasteiger partial charge in [0.1, 0.15) is 0 Å². The van der Waals surface area contributed by atoms with Crippen LogP contribution in [0.15, 0.2) is 0 Å². The molecule has 0 amide bonds. The van der Waals surface area contributed by atoms with Crippen molar-refractivity contribution in [1.29, 1.82) is 0 Å². The first-order chi connectivity index (χ1) is 9.49. The zero-order chi connectivity index (χ0) is 15.1. The summed E-state index contributed by atoms with van der Waals surface area (Å²) in [6.07, 6.45) is 2.18. The fraction of sp³-hybridized carbons (Fsp3) is 0.750. The highest BCUT2D eigenvalue weighted by atomic mass is 15.2. The summed E-state index contributed by atoms with van der Waals surface area (Å²) in [7, 11) is 0. The van der Waals surface area contributed by atoms with E-state index in [1.165, 1.54) is 5.56 Å². The number of hydrogen-bond acceptors (Lipinski definition) is 4. The maximum absolute atomic E-state index is 4.68. The summed E-state index contributed by atoms with van der Waals surface area (Å²) in [6, 6.07) is 0.554. The number of hydrogen-bond donors (Lipinski definition) is 1. The second-order valence-corrected chi connectivity index (χ2v) is 5.56. The number of aryl methyl sites for hydroxylation is 2. The lowest BCUT2D eigenvalue weighted by Gasteiger charge is -2.20. The van der Waals surface area contributed by atoms with Crippen molar-refractivity contribution >= 4 is 5.95 Å². The van der Waals surface area contributed by atoms with Crippen LogP contribution in [0.1, 0.15) is 51.1 Å². The molecule has 0 aromatic carbocycles. The first-order valence-corrected chi connectivity index (χ1v) is 7.82. The Morgan fingerprint density at radius 1 is 1.05 bits per heavy atom. The zero-order valence-corrected chi connectivity index (χ0v) is 14.0. The van der Waals surface area contributed by atoms with Gasteiger partial charge < -0.3 is 10.2 Å². The Kier molecular flexibility index (Phi) is 6.93. The van der Waals surface area contributed by atoms with Gasteiger partial charge in [-0.25, -0.2) is 9.97 Å². The summed E-state index contributed by atoms with van der Waals surface area (Å²) in [6.45, 7) is 15.8. The predicted octanol–water partition coefficient (Wildman–Crippen LogP) is 2.87. The number of nitrogens with zero attached hydrogens (tertiary/aromatic N) is 3. The molecular formula is C16H30N4. The number of rotatable bonds is 8. The third kappa shape index (κ3) is 4.75. The smallest absolute Gasteiger partial charge is 0.225 e. The van der Waals surface area contributed by atoms with E-state index < -0.39 is 0 Å². The molecule has 1 N–H and O–H groups in total. The van der Waals surface area contributed by atoms with Gasteiger partial charge in [-0.15, -0.1) is 0 Å². The normalized spacial score (nSPS) is 11.2. The maximum atomic E-state index is 4.68. The molecule has 0 saturated carbocycles. The van der Waals surface area contributed by atoms with Crippen LogP contribution in [0.3, 0.4) is 0 Å². The van der Waals surface area contributed by atoms with Crippen molar-refractivity contribution in [1.82, 2.24) is 15.3 Å². The zero-order valence-electron chi connectivity index (χ0n) is 14.0. The highest BCUT2D eigenvalue weighted by molar-refractivity contribution is 5.36. The Morgan fingerprint density at radius 2 is 1.60 bits per heavy atom. The first-order valence-electron chi connectivity index (χ1n) is 7.82. The summed E-state index contributed by atoms with van der Waals surface area (Å²) in [5.41, 5.74) is 3.57. The van der Waals surface area contributed by atoms with Crippen LogP contribution < -0.4 is 10.2 Å². The summed E-state index contributed by atoms with van der Waals surface area (Å²) in [4.78, 5) is 11.6. The van der Waals surface area contributed by atoms with Crippen LogP contribution in [0.4, 0.5) is 5.95 Å². The Labute approximate surface area is 124 Å². The SMILES string of the molecule is CCN(CC)c1nc(C)c(CCCNC(C)C)c(C)n1. The van der Waals surface area contributed by atoms with E-state index in [9.17, 15) is 0 Å². The van der Waals surface area contributed by atoms with Gasteiger partial charge in [-0.3, -0.25) is 0 Å². The molecule has 0 radical (unpaired) electrons. The fourth-order valence-corrected chi connectivity index (χ4v) is 2.39. The van der Waals surface area contributed by atoms with Crippen molar-refractivity contribution in [2.24, 2.45) is 0 Å². The highest BCUT2D eigenvalue weighted by Gasteiger charge is 2.11. The van der Waals surface area contributed by atoms with Crippen LogP contribution in [0, 0.1) is 13.8 Å². The molecule has 0 atom stereocenters. The molecule has 20 heavy (non-hydrogen) atoms. The molecule has 0 spiro atoms. The van der Waals surface area contributed by atoms with Gasteiger partial charge in [0, 0.05) is 30.5 Å². The Morgan fingerprint density at radius 3 is 2.05 bits per heavy atom. The third-order valence-electron chi connectivity index (χ3n) is 3.61. The van der Waals surface area contributed by atoms with E-state index in [0.29, 0.717) is 6.04 Å². The van der Waals surface area contributed by atoms with E-state index in [1.54, 1.807) is 0 Å². The molecule has 1 aromatic rings. The van der Waals surface area contributed by atoms with Crippen molar-refractivity contribution in [2.75, 3.05) is 24.5 Å². The van der Waals surface area contributed by atoms with Crippen molar-refractivity contribution in [2.45, 2.75) is 60.4 Å². The highest BCUT2D eigenvalue weighted by Crippen LogP contribution is 2.17. The minimum absolute atomic E-state index is 0.554. The van der Waals surface area contributed by atoms with Crippen molar-refractivity contribution < 1.29 is 0 Å². The average Bonchev–Trinajstić information content (AvgIpc) is 2.38. The van der Waals surface area contributed by atoms with Gasteiger partial charge in [-0.05, 0) is 52.6 Å². The van der Waals surface area contributed by atoms with Crippen LogP contribution in [0.2, 0.25) is 0 Å². The largest absolute Gasteiger partial charge is 0.341 e. The topological polar surface area (TPSA) is 41.1 Å². The molecule has 1 aromatic heterocycles. The third-order valence-corrected chi connectivity index (χ3v) is 3.61. The van der Waals surface area contributed by atoms with Crippen LogP contribution >= 0.6 is 0 Å². The van der Waals surface area contributed by atoms with E-state index >= 15 is 0 Å². The van der Waals surface area contributed by atoms with E-state index in [4.69, 9.17) is 0 Å². The summed E-state index contributed by atoms with van der Waals surface area (Å²) >= 11 is 0. The second-order valence-electron chi connectivity index (χ2n) is 5.56. The van der Waals surface area contributed by atoms with E-state index in [-0.39, 0.29) is 0 Å². The van der Waals surface area contributed by atoms with Gasteiger partial charge in [0.15, 0.2) is 0 Å². The molecule has 0 unspecified atom stereocenters. The van der Waals surface area contributed by atoms with Crippen molar-refractivity contribution in [3.63, 3.8) is 0 Å². The molecule has 0 saturated heterocycles. The van der Waals surface area contributed by atoms with E-state index in [1.807, 2.05) is 0 Å². The minimum atomic E-state index is 0.554. The molecule has 0 aliphatic heterocycles. The molecule has 0 aliphatic carbocycles. The Bertz CT molecular complexity index is 388. The van der Waals surface area contributed by atoms with Crippen molar-refractivity contribution in [3.8, 4) is 0 Å². The Hall–Kier alpha value is -1.16. The average molecular weight is 278 g/mol. The van der Waals surface area contributed by atoms with Crippen LogP contribution in [0.5, 0.6) is 0 Å². The standard InChI is InChI=1S/C16H30N4/c1-7-20(8-2)16-18-13(5)15(14(6)19-16)10-9-11-17-12(3)4/h12,17H,7-11H2,1-6H3. The van der Waals surface area contributed by atoms with E-state index in [2.05, 4.69) is 61.7 Å². The molecule has 4 heteroatoms. The number of anilines is 1. The monoisotopic (exact) mass is 278 g/mol. The molecule has 0 aliphatic rings. The first kappa shape index (κ1) is 16.9. The predicted molar refractivity (Wildman–Crippen MR) is 86.5 cm³/mol. The fourth-order valence-electron chi connectivity index (χ4n) is 2.39. The molecule has 114 valence electrons. The van der Waals surface area contributed by atoms with Gasteiger partial charge in [0.2, 0.25) is 5.95 Å². The second kappa shape index (κ2) is 8.20. The lowest BCUT2D eigenvalue weighted by atomic mass is 10.1. The molecule has 4 nitrogen and oxygen atoms in total. The van der Waals surface area contributed by atoms with Crippen molar-refractivity contribution in [3.05, 3.63) is 17.0 Å². The van der Waals surface area contributed by atoms with Gasteiger partial charge >= 0.3 is 0 Å². The van der Waals surface area contributed by atoms with Crippen LogP contribution in [-0.4, -0.2) is 35.6 Å². The lowest BCUT2D eigenvalue weighted by Crippen LogP contribution is -2.25. The molecular weight excluding hydrogens is 248 g/mol. The summed E-state index contributed by atoms with van der Waals surface area (Å²) in [5, 5.41) is 3.45. The number of nitrogens with one attached hydrogen (secondary N) is 1. The molecule has 1 rings (SSSR count). The quantitative estimate of drug-likeness (QED) is 0.742. The summed E-state index contributed by atoms with van der Waals surface area (Å²) < 4.78 is 0. The molecule has 1 heterocycles. The van der Waals surface area contributed by atoms with Gasteiger partial charge in [-0.2, -0.15) is 0 Å². The number of aromatic nitrogens is 2. The van der Waals surface area contributed by atoms with Gasteiger partial charge in [-0.1, -0.05) is 13.8 Å². The lowest BCUT2D eigenvalue weighted by molar-refractivity contribution is 0.569. The van der Waals surface area contributed by atoms with Crippen LogP contribution in [-0.2, 0) is 6.42 Å². The summed E-state index contributed by atoms with van der Waals surface area (Å²) in [5.74, 6) is 0.869. The molecule has 0 fully saturated rings. The minimum Gasteiger partial charge on any atom is -0.341 e. The van der Waals surface area contributed by atoms with Gasteiger partial charge in [0.05, 0.1) is 0 Å².